The highest BCUT2D eigenvalue weighted by Gasteiger charge is 2.15. The van der Waals surface area contributed by atoms with E-state index < -0.39 is 10.1 Å². The quantitative estimate of drug-likeness (QED) is 0.626. The second-order valence-electron chi connectivity index (χ2n) is 6.02. The molecule has 1 aromatic heterocycles. The molecule has 3 rings (SSSR count). The molecule has 26 heavy (non-hydrogen) atoms. The van der Waals surface area contributed by atoms with Gasteiger partial charge in [0.1, 0.15) is 0 Å². The zero-order chi connectivity index (χ0) is 18.6. The average molecular weight is 369 g/mol. The van der Waals surface area contributed by atoms with Crippen LogP contribution in [0, 0.1) is 6.92 Å². The van der Waals surface area contributed by atoms with Gasteiger partial charge in [-0.2, -0.15) is 8.42 Å². The molecule has 0 radical (unpaired) electrons. The predicted molar refractivity (Wildman–Crippen MR) is 99.4 cm³/mol. The minimum Gasteiger partial charge on any atom is -0.311 e. The van der Waals surface area contributed by atoms with E-state index in [0.29, 0.717) is 12.1 Å². The number of pyridine rings is 1. The fourth-order valence-electron chi connectivity index (χ4n) is 2.47. The van der Waals surface area contributed by atoms with Crippen molar-refractivity contribution < 1.29 is 12.6 Å². The van der Waals surface area contributed by atoms with Crippen molar-refractivity contribution in [2.45, 2.75) is 25.0 Å². The number of aromatic nitrogens is 1. The molecule has 3 aromatic rings. The van der Waals surface area contributed by atoms with Gasteiger partial charge in [-0.15, -0.1) is 0 Å². The molecule has 0 unspecified atom stereocenters. The molecule has 0 aliphatic carbocycles. The first-order valence-corrected chi connectivity index (χ1v) is 9.54. The van der Waals surface area contributed by atoms with Crippen LogP contribution in [0.25, 0.3) is 0 Å². The fourth-order valence-corrected chi connectivity index (χ4v) is 3.36. The maximum Gasteiger partial charge on any atom is 0.297 e. The lowest BCUT2D eigenvalue weighted by Crippen LogP contribution is -2.20. The Kier molecular flexibility index (Phi) is 5.35. The summed E-state index contributed by atoms with van der Waals surface area (Å²) in [7, 11) is -3.86. The smallest absolute Gasteiger partial charge is 0.297 e. The van der Waals surface area contributed by atoms with Gasteiger partial charge in [0.2, 0.25) is 0 Å². The Morgan fingerprint density at radius 3 is 2.27 bits per heavy atom. The van der Waals surface area contributed by atoms with Crippen molar-refractivity contribution in [3.05, 3.63) is 100.0 Å². The molecule has 2 aromatic carbocycles. The van der Waals surface area contributed by atoms with Gasteiger partial charge in [-0.25, -0.2) is 0 Å². The molecule has 0 N–H and O–H groups in total. The van der Waals surface area contributed by atoms with Crippen molar-refractivity contribution >= 4 is 10.1 Å². The van der Waals surface area contributed by atoms with Crippen molar-refractivity contribution in [1.29, 1.82) is 0 Å². The van der Waals surface area contributed by atoms with Crippen molar-refractivity contribution in [2.24, 2.45) is 0 Å². The summed E-state index contributed by atoms with van der Waals surface area (Å²) in [5.74, 6) is 0. The minimum atomic E-state index is -3.86. The Balaban J connectivity index is 1.70. The lowest BCUT2D eigenvalue weighted by Gasteiger charge is -2.09. The molecule has 0 saturated heterocycles. The van der Waals surface area contributed by atoms with Gasteiger partial charge in [-0.3, -0.25) is 8.98 Å². The molecule has 0 bridgehead atoms. The fraction of sp³-hybridized carbons (Fsp3) is 0.150. The van der Waals surface area contributed by atoms with Gasteiger partial charge in [0.15, 0.2) is 0 Å². The first-order chi connectivity index (χ1) is 12.4. The Bertz CT molecular complexity index is 1040. The van der Waals surface area contributed by atoms with Crippen LogP contribution in [0.1, 0.15) is 16.7 Å². The highest BCUT2D eigenvalue weighted by molar-refractivity contribution is 7.86. The average Bonchev–Trinajstić information content (AvgIpc) is 2.63. The van der Waals surface area contributed by atoms with Crippen LogP contribution in [0.3, 0.4) is 0 Å². The molecule has 0 fully saturated rings. The van der Waals surface area contributed by atoms with E-state index in [-0.39, 0.29) is 17.1 Å². The van der Waals surface area contributed by atoms with Crippen LogP contribution in [-0.2, 0) is 27.5 Å². The topological polar surface area (TPSA) is 65.4 Å². The standard InChI is InChI=1S/C20H19NO4S/c1-16-7-9-19(10-8-16)26(23,24)25-15-18-11-12-21(20(22)13-18)14-17-5-3-2-4-6-17/h2-13H,14-15H2,1H3. The van der Waals surface area contributed by atoms with Crippen LogP contribution in [0.4, 0.5) is 0 Å². The maximum atomic E-state index is 12.2. The summed E-state index contributed by atoms with van der Waals surface area (Å²) in [5, 5.41) is 0. The first kappa shape index (κ1) is 18.1. The molecule has 0 spiro atoms. The number of hydrogen-bond acceptors (Lipinski definition) is 4. The van der Waals surface area contributed by atoms with Gasteiger partial charge >= 0.3 is 0 Å². The summed E-state index contributed by atoms with van der Waals surface area (Å²) >= 11 is 0. The zero-order valence-electron chi connectivity index (χ0n) is 14.3. The number of nitrogens with zero attached hydrogens (tertiary/aromatic N) is 1. The molecule has 5 nitrogen and oxygen atoms in total. The van der Waals surface area contributed by atoms with Crippen LogP contribution in [0.5, 0.6) is 0 Å². The molecule has 6 heteroatoms. The summed E-state index contributed by atoms with van der Waals surface area (Å²) in [6, 6.07) is 19.1. The number of aryl methyl sites for hydroxylation is 1. The molecule has 134 valence electrons. The normalized spacial score (nSPS) is 11.4. The third kappa shape index (κ3) is 4.47. The Morgan fingerprint density at radius 1 is 0.923 bits per heavy atom. The van der Waals surface area contributed by atoms with Crippen LogP contribution in [0.2, 0.25) is 0 Å². The van der Waals surface area contributed by atoms with Crippen LogP contribution < -0.4 is 5.56 Å². The van der Waals surface area contributed by atoms with Gasteiger partial charge in [0.05, 0.1) is 18.0 Å². The Morgan fingerprint density at radius 2 is 1.62 bits per heavy atom. The molecule has 1 heterocycles. The summed E-state index contributed by atoms with van der Waals surface area (Å²) in [5.41, 5.74) is 2.28. The molecule has 0 amide bonds. The van der Waals surface area contributed by atoms with Gasteiger partial charge in [0.25, 0.3) is 15.7 Å². The third-order valence-corrected chi connectivity index (χ3v) is 5.22. The summed E-state index contributed by atoms with van der Waals surface area (Å²) < 4.78 is 31.1. The number of hydrogen-bond donors (Lipinski definition) is 0. The van der Waals surface area contributed by atoms with E-state index in [2.05, 4.69) is 0 Å². The lowest BCUT2D eigenvalue weighted by molar-refractivity contribution is 0.307. The van der Waals surface area contributed by atoms with Gasteiger partial charge < -0.3 is 4.57 Å². The summed E-state index contributed by atoms with van der Waals surface area (Å²) in [6.45, 7) is 2.15. The second-order valence-corrected chi connectivity index (χ2v) is 7.63. The lowest BCUT2D eigenvalue weighted by atomic mass is 10.2. The summed E-state index contributed by atoms with van der Waals surface area (Å²) in [4.78, 5) is 12.3. The minimum absolute atomic E-state index is 0.0977. The van der Waals surface area contributed by atoms with Crippen LogP contribution in [0.15, 0.2) is 82.6 Å². The van der Waals surface area contributed by atoms with E-state index in [4.69, 9.17) is 4.18 Å². The van der Waals surface area contributed by atoms with E-state index in [9.17, 15) is 13.2 Å². The van der Waals surface area contributed by atoms with Gasteiger partial charge in [-0.1, -0.05) is 48.0 Å². The number of rotatable bonds is 6. The maximum absolute atomic E-state index is 12.2. The monoisotopic (exact) mass is 369 g/mol. The van der Waals surface area contributed by atoms with Gasteiger partial charge in [-0.05, 0) is 36.2 Å². The predicted octanol–water partition coefficient (Wildman–Crippen LogP) is 3.11. The Labute approximate surface area is 152 Å². The van der Waals surface area contributed by atoms with Crippen molar-refractivity contribution in [2.75, 3.05) is 0 Å². The van der Waals surface area contributed by atoms with E-state index in [0.717, 1.165) is 11.1 Å². The molecule has 0 aliphatic heterocycles. The van der Waals surface area contributed by atoms with Crippen molar-refractivity contribution in [3.8, 4) is 0 Å². The molecule has 0 atom stereocenters. The third-order valence-electron chi connectivity index (χ3n) is 3.95. The molecular formula is C20H19NO4S. The zero-order valence-corrected chi connectivity index (χ0v) is 15.1. The second kappa shape index (κ2) is 7.68. The highest BCUT2D eigenvalue weighted by Crippen LogP contribution is 2.15. The van der Waals surface area contributed by atoms with Crippen molar-refractivity contribution in [3.63, 3.8) is 0 Å². The van der Waals surface area contributed by atoms with E-state index in [1.54, 1.807) is 29.0 Å². The van der Waals surface area contributed by atoms with E-state index in [1.165, 1.54) is 18.2 Å². The first-order valence-electron chi connectivity index (χ1n) is 8.13. The van der Waals surface area contributed by atoms with Crippen molar-refractivity contribution in [1.82, 2.24) is 4.57 Å². The molecule has 0 saturated carbocycles. The molecular weight excluding hydrogens is 350 g/mol. The molecule has 0 aliphatic rings. The van der Waals surface area contributed by atoms with Gasteiger partial charge in [0, 0.05) is 12.3 Å². The SMILES string of the molecule is Cc1ccc(S(=O)(=O)OCc2ccn(Cc3ccccc3)c(=O)c2)cc1. The number of benzene rings is 2. The Hall–Kier alpha value is -2.70. The highest BCUT2D eigenvalue weighted by atomic mass is 32.2. The largest absolute Gasteiger partial charge is 0.311 e. The summed E-state index contributed by atoms with van der Waals surface area (Å²) in [6.07, 6.45) is 1.65. The van der Waals surface area contributed by atoms with Crippen LogP contribution >= 0.6 is 0 Å². The van der Waals surface area contributed by atoms with E-state index >= 15 is 0 Å². The van der Waals surface area contributed by atoms with Crippen LogP contribution in [-0.4, -0.2) is 13.0 Å². The van der Waals surface area contributed by atoms with E-state index in [1.807, 2.05) is 37.3 Å².